The summed E-state index contributed by atoms with van der Waals surface area (Å²) in [5.41, 5.74) is 2.39. The largest absolute Gasteiger partial charge is 0.326 e. The van der Waals surface area contributed by atoms with Gasteiger partial charge < -0.3 is 5.32 Å². The van der Waals surface area contributed by atoms with Gasteiger partial charge in [-0.1, -0.05) is 27.7 Å². The lowest BCUT2D eigenvalue weighted by Gasteiger charge is -2.41. The predicted octanol–water partition coefficient (Wildman–Crippen LogP) is 4.20. The van der Waals surface area contributed by atoms with Gasteiger partial charge >= 0.3 is 0 Å². The normalized spacial score (nSPS) is 20.1. The van der Waals surface area contributed by atoms with Crippen LogP contribution in [0.25, 0.3) is 0 Å². The van der Waals surface area contributed by atoms with Crippen molar-refractivity contribution in [1.82, 2.24) is 0 Å². The summed E-state index contributed by atoms with van der Waals surface area (Å²) in [5.74, 6) is -0.0171. The highest BCUT2D eigenvalue weighted by atomic mass is 32.2. The van der Waals surface area contributed by atoms with E-state index in [4.69, 9.17) is 0 Å². The molecule has 1 aromatic carbocycles. The number of fused-ring (bicyclic) bond motifs is 1. The molecule has 18 heavy (non-hydrogen) atoms. The number of nitrogens with one attached hydrogen (secondary N) is 1. The maximum absolute atomic E-state index is 11.1. The summed E-state index contributed by atoms with van der Waals surface area (Å²) in [5, 5.41) is 2.87. The molecule has 0 spiro atoms. The molecule has 0 saturated heterocycles. The lowest BCUT2D eigenvalue weighted by atomic mass is 9.77. The molecule has 0 aliphatic carbocycles. The standard InChI is InChI=1S/C15H21NOS/c1-10(17)16-11-6-7-13-12(8-11)14(2,3)9-15(4,5)18-13/h6-8H,9H2,1-5H3,(H,16,17). The van der Waals surface area contributed by atoms with E-state index in [1.165, 1.54) is 10.5 Å². The summed E-state index contributed by atoms with van der Waals surface area (Å²) in [4.78, 5) is 12.5. The number of anilines is 1. The molecule has 3 heteroatoms. The molecule has 1 heterocycles. The highest BCUT2D eigenvalue weighted by Gasteiger charge is 2.38. The van der Waals surface area contributed by atoms with Crippen molar-refractivity contribution < 1.29 is 4.79 Å². The topological polar surface area (TPSA) is 29.1 Å². The van der Waals surface area contributed by atoms with Crippen molar-refractivity contribution in [3.63, 3.8) is 0 Å². The molecule has 98 valence electrons. The summed E-state index contributed by atoms with van der Waals surface area (Å²) < 4.78 is 0.270. The lowest BCUT2D eigenvalue weighted by molar-refractivity contribution is -0.114. The average molecular weight is 263 g/mol. The Balaban J connectivity index is 2.43. The Morgan fingerprint density at radius 1 is 1.28 bits per heavy atom. The van der Waals surface area contributed by atoms with E-state index in [9.17, 15) is 4.79 Å². The number of benzene rings is 1. The first-order chi connectivity index (χ1) is 8.20. The van der Waals surface area contributed by atoms with Crippen molar-refractivity contribution in [1.29, 1.82) is 0 Å². The van der Waals surface area contributed by atoms with Crippen molar-refractivity contribution in [3.8, 4) is 0 Å². The van der Waals surface area contributed by atoms with Crippen LogP contribution in [0.4, 0.5) is 5.69 Å². The van der Waals surface area contributed by atoms with Crippen LogP contribution >= 0.6 is 11.8 Å². The minimum absolute atomic E-state index is 0.0171. The van der Waals surface area contributed by atoms with Crippen LogP contribution in [-0.2, 0) is 10.2 Å². The molecule has 1 N–H and O–H groups in total. The van der Waals surface area contributed by atoms with Gasteiger partial charge in [-0.05, 0) is 35.6 Å². The minimum atomic E-state index is -0.0171. The molecule has 0 aromatic heterocycles. The second-order valence-electron chi connectivity index (χ2n) is 6.31. The number of carbonyl (C=O) groups excluding carboxylic acids is 1. The smallest absolute Gasteiger partial charge is 0.221 e. The Kier molecular flexibility index (Phi) is 3.22. The quantitative estimate of drug-likeness (QED) is 0.823. The van der Waals surface area contributed by atoms with Gasteiger partial charge in [0.15, 0.2) is 0 Å². The van der Waals surface area contributed by atoms with Crippen LogP contribution in [0.5, 0.6) is 0 Å². The molecule has 2 rings (SSSR count). The van der Waals surface area contributed by atoms with Crippen LogP contribution in [0.2, 0.25) is 0 Å². The highest BCUT2D eigenvalue weighted by Crippen LogP contribution is 2.51. The molecule has 0 fully saturated rings. The summed E-state index contributed by atoms with van der Waals surface area (Å²) in [6, 6.07) is 6.25. The highest BCUT2D eigenvalue weighted by molar-refractivity contribution is 8.00. The average Bonchev–Trinajstić information content (AvgIpc) is 2.15. The molecule has 0 bridgehead atoms. The minimum Gasteiger partial charge on any atom is -0.326 e. The lowest BCUT2D eigenvalue weighted by Crippen LogP contribution is -2.33. The second kappa shape index (κ2) is 4.30. The molecule has 0 radical (unpaired) electrons. The van der Waals surface area contributed by atoms with Crippen molar-refractivity contribution in [2.24, 2.45) is 0 Å². The molecule has 1 aliphatic rings. The van der Waals surface area contributed by atoms with E-state index >= 15 is 0 Å². The van der Waals surface area contributed by atoms with Crippen LogP contribution in [0.15, 0.2) is 23.1 Å². The van der Waals surface area contributed by atoms with Gasteiger partial charge in [0, 0.05) is 22.3 Å². The van der Waals surface area contributed by atoms with Gasteiger partial charge in [-0.15, -0.1) is 11.8 Å². The number of amides is 1. The molecular weight excluding hydrogens is 242 g/mol. The zero-order valence-electron chi connectivity index (χ0n) is 11.8. The van der Waals surface area contributed by atoms with Crippen molar-refractivity contribution >= 4 is 23.4 Å². The van der Waals surface area contributed by atoms with E-state index in [1.807, 2.05) is 17.8 Å². The Morgan fingerprint density at radius 3 is 2.56 bits per heavy atom. The number of thioether (sulfide) groups is 1. The fourth-order valence-corrected chi connectivity index (χ4v) is 4.53. The van der Waals surface area contributed by atoms with Gasteiger partial charge in [-0.2, -0.15) is 0 Å². The maximum Gasteiger partial charge on any atom is 0.221 e. The predicted molar refractivity (Wildman–Crippen MR) is 78.3 cm³/mol. The Bertz CT molecular complexity index is 491. The van der Waals surface area contributed by atoms with Crippen molar-refractivity contribution in [2.45, 2.75) is 56.1 Å². The number of rotatable bonds is 1. The van der Waals surface area contributed by atoms with Gasteiger partial charge in [-0.25, -0.2) is 0 Å². The summed E-state index contributed by atoms with van der Waals surface area (Å²) in [6.07, 6.45) is 1.14. The van der Waals surface area contributed by atoms with Crippen molar-refractivity contribution in [2.75, 3.05) is 5.32 Å². The van der Waals surface area contributed by atoms with Gasteiger partial charge in [0.05, 0.1) is 0 Å². The molecular formula is C15H21NOS. The molecule has 0 saturated carbocycles. The van der Waals surface area contributed by atoms with Gasteiger partial charge in [0.1, 0.15) is 0 Å². The SMILES string of the molecule is CC(=O)Nc1ccc2c(c1)C(C)(C)CC(C)(C)S2. The Labute approximate surface area is 114 Å². The number of carbonyl (C=O) groups is 1. The van der Waals surface area contributed by atoms with Crippen LogP contribution in [0.1, 0.15) is 46.6 Å². The fraction of sp³-hybridized carbons (Fsp3) is 0.533. The van der Waals surface area contributed by atoms with Gasteiger partial charge in [-0.3, -0.25) is 4.79 Å². The van der Waals surface area contributed by atoms with Crippen molar-refractivity contribution in [3.05, 3.63) is 23.8 Å². The van der Waals surface area contributed by atoms with E-state index in [-0.39, 0.29) is 16.1 Å². The van der Waals surface area contributed by atoms with E-state index in [1.54, 1.807) is 6.92 Å². The first-order valence-corrected chi connectivity index (χ1v) is 7.12. The molecule has 1 amide bonds. The first kappa shape index (κ1) is 13.5. The number of hydrogen-bond donors (Lipinski definition) is 1. The van der Waals surface area contributed by atoms with E-state index < -0.39 is 0 Å². The zero-order valence-corrected chi connectivity index (χ0v) is 12.6. The van der Waals surface area contributed by atoms with Gasteiger partial charge in [0.25, 0.3) is 0 Å². The summed E-state index contributed by atoms with van der Waals surface area (Å²) >= 11 is 1.93. The first-order valence-electron chi connectivity index (χ1n) is 6.31. The summed E-state index contributed by atoms with van der Waals surface area (Å²) in [6.45, 7) is 10.7. The van der Waals surface area contributed by atoms with Crippen LogP contribution < -0.4 is 5.32 Å². The molecule has 0 unspecified atom stereocenters. The molecule has 0 atom stereocenters. The van der Waals surface area contributed by atoms with E-state index in [2.05, 4.69) is 45.1 Å². The second-order valence-corrected chi connectivity index (χ2v) is 8.06. The number of hydrogen-bond acceptors (Lipinski definition) is 2. The molecule has 2 nitrogen and oxygen atoms in total. The Hall–Kier alpha value is -0.960. The van der Waals surface area contributed by atoms with E-state index in [0.29, 0.717) is 0 Å². The molecule has 1 aromatic rings. The van der Waals surface area contributed by atoms with Crippen LogP contribution in [-0.4, -0.2) is 10.7 Å². The Morgan fingerprint density at radius 2 is 1.94 bits per heavy atom. The third-order valence-electron chi connectivity index (χ3n) is 3.28. The third kappa shape index (κ3) is 2.72. The van der Waals surface area contributed by atoms with E-state index in [0.717, 1.165) is 12.1 Å². The fourth-order valence-electron chi connectivity index (χ4n) is 2.92. The van der Waals surface area contributed by atoms with Gasteiger partial charge in [0.2, 0.25) is 5.91 Å². The molecule has 1 aliphatic heterocycles. The van der Waals surface area contributed by atoms with Crippen LogP contribution in [0.3, 0.4) is 0 Å². The maximum atomic E-state index is 11.1. The zero-order chi connectivity index (χ0) is 13.6. The third-order valence-corrected chi connectivity index (χ3v) is 4.56. The monoisotopic (exact) mass is 263 g/mol. The van der Waals surface area contributed by atoms with Crippen LogP contribution in [0, 0.1) is 0 Å². The summed E-state index contributed by atoms with van der Waals surface area (Å²) in [7, 11) is 0.